The van der Waals surface area contributed by atoms with Crippen LogP contribution >= 0.6 is 0 Å². The SMILES string of the molecule is O=C(O)CCCC1CCCC(=O)O1. The standard InChI is InChI=1S/C9H14O4/c10-8(11)5-1-3-7-4-2-6-9(12)13-7/h7H,1-6H2,(H,10,11). The number of hydrogen-bond donors (Lipinski definition) is 1. The van der Waals surface area contributed by atoms with Crippen LogP contribution in [0.4, 0.5) is 0 Å². The van der Waals surface area contributed by atoms with Gasteiger partial charge in [0.15, 0.2) is 0 Å². The summed E-state index contributed by atoms with van der Waals surface area (Å²) < 4.78 is 5.04. The molecule has 0 aliphatic carbocycles. The predicted molar refractivity (Wildman–Crippen MR) is 45.2 cm³/mol. The number of carboxylic acid groups (broad SMARTS) is 1. The van der Waals surface area contributed by atoms with Gasteiger partial charge in [-0.05, 0) is 25.7 Å². The molecular formula is C9H14O4. The molecule has 74 valence electrons. The fourth-order valence-corrected chi connectivity index (χ4v) is 1.46. The van der Waals surface area contributed by atoms with Crippen molar-refractivity contribution in [3.8, 4) is 0 Å². The number of carbonyl (C=O) groups is 2. The van der Waals surface area contributed by atoms with Crippen LogP contribution in [0.25, 0.3) is 0 Å². The summed E-state index contributed by atoms with van der Waals surface area (Å²) in [5.74, 6) is -0.936. The summed E-state index contributed by atoms with van der Waals surface area (Å²) in [4.78, 5) is 21.0. The highest BCUT2D eigenvalue weighted by Crippen LogP contribution is 2.18. The molecule has 0 amide bonds. The third-order valence-electron chi connectivity index (χ3n) is 2.12. The van der Waals surface area contributed by atoms with Gasteiger partial charge in [0.1, 0.15) is 6.10 Å². The van der Waals surface area contributed by atoms with Crippen LogP contribution in [-0.2, 0) is 14.3 Å². The molecule has 0 saturated carbocycles. The van der Waals surface area contributed by atoms with Crippen LogP contribution in [0, 0.1) is 0 Å². The molecule has 1 unspecified atom stereocenters. The second kappa shape index (κ2) is 4.84. The molecule has 0 aromatic carbocycles. The molecule has 0 radical (unpaired) electrons. The summed E-state index contributed by atoms with van der Waals surface area (Å²) in [6.45, 7) is 0. The van der Waals surface area contributed by atoms with Crippen LogP contribution in [0.15, 0.2) is 0 Å². The van der Waals surface area contributed by atoms with E-state index in [4.69, 9.17) is 9.84 Å². The second-order valence-corrected chi connectivity index (χ2v) is 3.29. The van der Waals surface area contributed by atoms with Gasteiger partial charge in [-0.3, -0.25) is 9.59 Å². The van der Waals surface area contributed by atoms with Crippen molar-refractivity contribution in [3.05, 3.63) is 0 Å². The topological polar surface area (TPSA) is 63.6 Å². The number of cyclic esters (lactones) is 1. The molecule has 0 spiro atoms. The Kier molecular flexibility index (Phi) is 3.73. The number of esters is 1. The summed E-state index contributed by atoms with van der Waals surface area (Å²) in [7, 11) is 0. The Balaban J connectivity index is 2.13. The Bertz CT molecular complexity index is 200. The Morgan fingerprint density at radius 3 is 3.00 bits per heavy atom. The van der Waals surface area contributed by atoms with E-state index < -0.39 is 5.97 Å². The molecule has 1 atom stereocenters. The maximum Gasteiger partial charge on any atom is 0.306 e. The van der Waals surface area contributed by atoms with Crippen LogP contribution in [-0.4, -0.2) is 23.1 Å². The van der Waals surface area contributed by atoms with Gasteiger partial charge in [0.05, 0.1) is 0 Å². The van der Waals surface area contributed by atoms with E-state index in [0.717, 1.165) is 12.8 Å². The van der Waals surface area contributed by atoms with Gasteiger partial charge < -0.3 is 9.84 Å². The maximum atomic E-state index is 10.8. The zero-order valence-electron chi connectivity index (χ0n) is 7.49. The van der Waals surface area contributed by atoms with E-state index >= 15 is 0 Å². The number of hydrogen-bond acceptors (Lipinski definition) is 3. The zero-order chi connectivity index (χ0) is 9.68. The molecule has 13 heavy (non-hydrogen) atoms. The Labute approximate surface area is 76.9 Å². The zero-order valence-corrected chi connectivity index (χ0v) is 7.49. The van der Waals surface area contributed by atoms with Crippen molar-refractivity contribution in [3.63, 3.8) is 0 Å². The van der Waals surface area contributed by atoms with Crippen LogP contribution < -0.4 is 0 Å². The third-order valence-corrected chi connectivity index (χ3v) is 2.12. The van der Waals surface area contributed by atoms with Crippen molar-refractivity contribution in [1.82, 2.24) is 0 Å². The van der Waals surface area contributed by atoms with Crippen molar-refractivity contribution in [2.75, 3.05) is 0 Å². The summed E-state index contributed by atoms with van der Waals surface area (Å²) in [5, 5.41) is 8.39. The molecule has 1 saturated heterocycles. The molecule has 0 aromatic heterocycles. The molecule has 1 heterocycles. The minimum atomic E-state index is -0.790. The summed E-state index contributed by atoms with van der Waals surface area (Å²) in [6, 6.07) is 0. The molecule has 1 aliphatic rings. The first-order valence-electron chi connectivity index (χ1n) is 4.60. The van der Waals surface area contributed by atoms with Crippen LogP contribution in [0.3, 0.4) is 0 Å². The number of aliphatic carboxylic acids is 1. The fraction of sp³-hybridized carbons (Fsp3) is 0.778. The number of rotatable bonds is 4. The van der Waals surface area contributed by atoms with Gasteiger partial charge in [-0.2, -0.15) is 0 Å². The highest BCUT2D eigenvalue weighted by molar-refractivity contribution is 5.70. The quantitative estimate of drug-likeness (QED) is 0.673. The maximum absolute atomic E-state index is 10.8. The number of ether oxygens (including phenoxy) is 1. The van der Waals surface area contributed by atoms with Crippen molar-refractivity contribution in [2.24, 2.45) is 0 Å². The normalized spacial score (nSPS) is 22.5. The minimum absolute atomic E-state index is 0.0411. The number of carbonyl (C=O) groups excluding carboxylic acids is 1. The lowest BCUT2D eigenvalue weighted by Crippen LogP contribution is -2.23. The van der Waals surface area contributed by atoms with Gasteiger partial charge >= 0.3 is 11.9 Å². The predicted octanol–water partition coefficient (Wildman–Crippen LogP) is 1.34. The van der Waals surface area contributed by atoms with Crippen molar-refractivity contribution >= 4 is 11.9 Å². The highest BCUT2D eigenvalue weighted by Gasteiger charge is 2.19. The van der Waals surface area contributed by atoms with E-state index in [-0.39, 0.29) is 18.5 Å². The lowest BCUT2D eigenvalue weighted by Gasteiger charge is -2.21. The molecule has 0 bridgehead atoms. The molecule has 0 aromatic rings. The lowest BCUT2D eigenvalue weighted by molar-refractivity contribution is -0.154. The average Bonchev–Trinajstić information content (AvgIpc) is 2.03. The largest absolute Gasteiger partial charge is 0.481 e. The molecular weight excluding hydrogens is 172 g/mol. The minimum Gasteiger partial charge on any atom is -0.481 e. The van der Waals surface area contributed by atoms with E-state index in [9.17, 15) is 9.59 Å². The lowest BCUT2D eigenvalue weighted by atomic mass is 10.0. The van der Waals surface area contributed by atoms with E-state index in [1.165, 1.54) is 0 Å². The summed E-state index contributed by atoms with van der Waals surface area (Å²) >= 11 is 0. The molecule has 4 nitrogen and oxygen atoms in total. The van der Waals surface area contributed by atoms with E-state index in [2.05, 4.69) is 0 Å². The van der Waals surface area contributed by atoms with Crippen LogP contribution in [0.2, 0.25) is 0 Å². The van der Waals surface area contributed by atoms with Gasteiger partial charge in [-0.1, -0.05) is 0 Å². The third kappa shape index (κ3) is 3.92. The Morgan fingerprint density at radius 1 is 1.62 bits per heavy atom. The first kappa shape index (κ1) is 10.0. The Morgan fingerprint density at radius 2 is 2.38 bits per heavy atom. The average molecular weight is 186 g/mol. The molecule has 1 N–H and O–H groups in total. The molecule has 1 rings (SSSR count). The first-order chi connectivity index (χ1) is 6.18. The molecule has 4 heteroatoms. The van der Waals surface area contributed by atoms with Crippen molar-refractivity contribution < 1.29 is 19.4 Å². The number of carboxylic acids is 1. The monoisotopic (exact) mass is 186 g/mol. The van der Waals surface area contributed by atoms with E-state index in [0.29, 0.717) is 19.3 Å². The van der Waals surface area contributed by atoms with Gasteiger partial charge in [0.2, 0.25) is 0 Å². The summed E-state index contributed by atoms with van der Waals surface area (Å²) in [5.41, 5.74) is 0. The van der Waals surface area contributed by atoms with Gasteiger partial charge in [0.25, 0.3) is 0 Å². The first-order valence-corrected chi connectivity index (χ1v) is 4.60. The fourth-order valence-electron chi connectivity index (χ4n) is 1.46. The van der Waals surface area contributed by atoms with Gasteiger partial charge in [0, 0.05) is 12.8 Å². The van der Waals surface area contributed by atoms with E-state index in [1.807, 2.05) is 0 Å². The van der Waals surface area contributed by atoms with Crippen molar-refractivity contribution in [2.45, 2.75) is 44.6 Å². The second-order valence-electron chi connectivity index (χ2n) is 3.29. The van der Waals surface area contributed by atoms with Gasteiger partial charge in [-0.15, -0.1) is 0 Å². The molecule has 1 aliphatic heterocycles. The Hall–Kier alpha value is -1.06. The van der Waals surface area contributed by atoms with Gasteiger partial charge in [-0.25, -0.2) is 0 Å². The summed E-state index contributed by atoms with van der Waals surface area (Å²) in [6.07, 6.45) is 3.65. The smallest absolute Gasteiger partial charge is 0.306 e. The molecule has 1 fully saturated rings. The van der Waals surface area contributed by atoms with Crippen LogP contribution in [0.5, 0.6) is 0 Å². The van der Waals surface area contributed by atoms with Crippen molar-refractivity contribution in [1.29, 1.82) is 0 Å². The highest BCUT2D eigenvalue weighted by atomic mass is 16.5. The van der Waals surface area contributed by atoms with E-state index in [1.54, 1.807) is 0 Å². The van der Waals surface area contributed by atoms with Crippen LogP contribution in [0.1, 0.15) is 38.5 Å².